The van der Waals surface area contributed by atoms with E-state index in [1.54, 1.807) is 11.3 Å². The summed E-state index contributed by atoms with van der Waals surface area (Å²) >= 11 is 1.17. The van der Waals surface area contributed by atoms with Crippen molar-refractivity contribution in [1.82, 2.24) is 20.3 Å². The first-order valence-electron chi connectivity index (χ1n) is 8.79. The molecule has 1 aliphatic heterocycles. The van der Waals surface area contributed by atoms with Crippen LogP contribution in [0, 0.1) is 13.8 Å². The summed E-state index contributed by atoms with van der Waals surface area (Å²) in [5.41, 5.74) is 3.36. The molecule has 7 heteroatoms. The van der Waals surface area contributed by atoms with Crippen molar-refractivity contribution in [2.45, 2.75) is 13.8 Å². The van der Waals surface area contributed by atoms with Gasteiger partial charge in [0.2, 0.25) is 0 Å². The molecule has 1 atom stereocenters. The Morgan fingerprint density at radius 1 is 1.04 bits per heavy atom. The van der Waals surface area contributed by atoms with Crippen LogP contribution in [0.5, 0.6) is 0 Å². The third kappa shape index (κ3) is 3.98. The van der Waals surface area contributed by atoms with Crippen molar-refractivity contribution in [2.24, 2.45) is 0 Å². The van der Waals surface area contributed by atoms with Crippen LogP contribution in [0.25, 0.3) is 10.6 Å². The van der Waals surface area contributed by atoms with Crippen LogP contribution in [0.4, 0.5) is 5.69 Å². The van der Waals surface area contributed by atoms with Gasteiger partial charge in [-0.25, -0.2) is 0 Å². The summed E-state index contributed by atoms with van der Waals surface area (Å²) in [6.07, 6.45) is 1.88. The summed E-state index contributed by atoms with van der Waals surface area (Å²) in [6, 6.07) is 11.0. The molecule has 0 spiro atoms. The Kier molecular flexibility index (Phi) is 5.34. The quantitative estimate of drug-likeness (QED) is 0.630. The molecule has 134 valence electrons. The van der Waals surface area contributed by atoms with Crippen molar-refractivity contribution >= 4 is 41.7 Å². The van der Waals surface area contributed by atoms with E-state index in [1.165, 1.54) is 10.0 Å². The Morgan fingerprint density at radius 3 is 2.50 bits per heavy atom. The fraction of sp³-hybridized carbons (Fsp3) is 0.316. The minimum atomic E-state index is -0.537. The maximum atomic E-state index is 4.82. The molecule has 5 nitrogen and oxygen atoms in total. The van der Waals surface area contributed by atoms with Crippen LogP contribution < -0.4 is 19.2 Å². The number of piperazine rings is 1. The Balaban J connectivity index is 1.50. The van der Waals surface area contributed by atoms with Gasteiger partial charge in [-0.05, 0) is 0 Å². The molecule has 1 unspecified atom stereocenters. The minimum absolute atomic E-state index is 0.537. The normalized spacial score (nSPS) is 15.1. The molecule has 1 fully saturated rings. The summed E-state index contributed by atoms with van der Waals surface area (Å²) in [6.45, 7) is 8.37. The molecule has 0 saturated carbocycles. The van der Waals surface area contributed by atoms with E-state index in [0.29, 0.717) is 0 Å². The topological polar surface area (TPSA) is 53.9 Å². The molecule has 0 bridgehead atoms. The van der Waals surface area contributed by atoms with Crippen LogP contribution in [-0.2, 0) is 0 Å². The number of aromatic nitrogens is 3. The second-order valence-electron chi connectivity index (χ2n) is 6.32. The third-order valence-corrected chi connectivity index (χ3v) is 7.77. The molecule has 2 aromatic heterocycles. The molecule has 3 aromatic rings. The van der Waals surface area contributed by atoms with Crippen LogP contribution in [0.3, 0.4) is 0 Å². The van der Waals surface area contributed by atoms with Gasteiger partial charge in [0, 0.05) is 0 Å². The monoisotopic (exact) mass is 427 g/mol. The number of aryl methyl sites for hydroxylation is 2. The average molecular weight is 427 g/mol. The summed E-state index contributed by atoms with van der Waals surface area (Å²) in [5.74, 6) is 0. The van der Waals surface area contributed by atoms with E-state index >= 15 is 0 Å². The van der Waals surface area contributed by atoms with Gasteiger partial charge in [-0.1, -0.05) is 0 Å². The van der Waals surface area contributed by atoms with Gasteiger partial charge in [-0.15, -0.1) is 0 Å². The van der Waals surface area contributed by atoms with E-state index in [0.717, 1.165) is 52.1 Å². The zero-order valence-corrected chi connectivity index (χ0v) is 17.9. The van der Waals surface area contributed by atoms with Gasteiger partial charge in [-0.2, -0.15) is 0 Å². The van der Waals surface area contributed by atoms with Gasteiger partial charge in [0.05, 0.1) is 0 Å². The predicted octanol–water partition coefficient (Wildman–Crippen LogP) is 1.01. The van der Waals surface area contributed by atoms with Crippen LogP contribution in [-0.4, -0.2) is 56.9 Å². The Labute approximate surface area is 164 Å². The van der Waals surface area contributed by atoms with E-state index in [4.69, 9.17) is 4.98 Å². The fourth-order valence-electron chi connectivity index (χ4n) is 3.12. The summed E-state index contributed by atoms with van der Waals surface area (Å²) < 4.78 is 2.33. The van der Waals surface area contributed by atoms with E-state index < -0.39 is 15.8 Å². The number of nitrogens with zero attached hydrogens (tertiary/aromatic N) is 4. The van der Waals surface area contributed by atoms with Crippen molar-refractivity contribution in [3.63, 3.8) is 0 Å². The average Bonchev–Trinajstić information content (AvgIpc) is 3.01. The number of hydrogen-bond acceptors (Lipinski definition) is 6. The second-order valence-corrected chi connectivity index (χ2v) is 10.2. The fourth-order valence-corrected chi connectivity index (χ4v) is 5.91. The molecule has 1 aromatic carbocycles. The van der Waals surface area contributed by atoms with Crippen molar-refractivity contribution < 1.29 is 0 Å². The van der Waals surface area contributed by atoms with E-state index in [1.807, 2.05) is 26.1 Å². The zero-order chi connectivity index (χ0) is 17.9. The first-order valence-corrected chi connectivity index (χ1v) is 11.7. The molecule has 3 heterocycles. The molecule has 0 radical (unpaired) electrons. The second kappa shape index (κ2) is 7.87. The first kappa shape index (κ1) is 17.7. The molecular formula is C19H22AsN5S. The number of benzene rings is 1. The SMILES string of the molecule is Cc1nc(C)c(-c2ccnc([AsH]c3ccc(N4CCNCC4)cc3)n2)s1. The van der Waals surface area contributed by atoms with Gasteiger partial charge in [0.15, 0.2) is 0 Å². The Bertz CT molecular complexity index is 887. The molecule has 1 N–H and O–H groups in total. The molecular weight excluding hydrogens is 405 g/mol. The Hall–Kier alpha value is -1.75. The third-order valence-electron chi connectivity index (χ3n) is 4.40. The van der Waals surface area contributed by atoms with Gasteiger partial charge in [-0.3, -0.25) is 0 Å². The molecule has 1 saturated heterocycles. The molecule has 0 amide bonds. The molecule has 4 rings (SSSR count). The number of anilines is 1. The van der Waals surface area contributed by atoms with E-state index in [-0.39, 0.29) is 0 Å². The standard InChI is InChI=1S/C19H22AsN5S/c1-13-18(26-14(2)23-13)17-7-8-22-19(24-17)20-15-3-5-16(6-4-15)25-11-9-21-10-12-25/h3-8,20-21H,9-12H2,1-2H3. The summed E-state index contributed by atoms with van der Waals surface area (Å²) in [7, 11) is 0. The van der Waals surface area contributed by atoms with Crippen molar-refractivity contribution in [2.75, 3.05) is 31.1 Å². The van der Waals surface area contributed by atoms with E-state index in [9.17, 15) is 0 Å². The van der Waals surface area contributed by atoms with Gasteiger partial charge in [0.1, 0.15) is 0 Å². The van der Waals surface area contributed by atoms with Gasteiger partial charge in [0.25, 0.3) is 0 Å². The predicted molar refractivity (Wildman–Crippen MR) is 111 cm³/mol. The van der Waals surface area contributed by atoms with Gasteiger partial charge >= 0.3 is 165 Å². The van der Waals surface area contributed by atoms with Crippen LogP contribution in [0.2, 0.25) is 0 Å². The number of thiazole rings is 1. The molecule has 1 aliphatic rings. The van der Waals surface area contributed by atoms with Gasteiger partial charge < -0.3 is 0 Å². The van der Waals surface area contributed by atoms with Crippen molar-refractivity contribution in [3.05, 3.63) is 47.2 Å². The number of hydrogen-bond donors (Lipinski definition) is 1. The van der Waals surface area contributed by atoms with Crippen molar-refractivity contribution in [3.8, 4) is 10.6 Å². The maximum absolute atomic E-state index is 4.82. The molecule has 26 heavy (non-hydrogen) atoms. The molecule has 0 aliphatic carbocycles. The van der Waals surface area contributed by atoms with Crippen LogP contribution >= 0.6 is 11.3 Å². The first-order chi connectivity index (χ1) is 12.7. The summed E-state index contributed by atoms with van der Waals surface area (Å²) in [4.78, 5) is 17.5. The zero-order valence-electron chi connectivity index (χ0n) is 15.0. The van der Waals surface area contributed by atoms with E-state index in [2.05, 4.69) is 44.5 Å². The number of rotatable bonds is 4. The van der Waals surface area contributed by atoms with Crippen LogP contribution in [0.15, 0.2) is 36.5 Å². The number of nitrogens with one attached hydrogen (secondary N) is 1. The van der Waals surface area contributed by atoms with Crippen molar-refractivity contribution in [1.29, 1.82) is 0 Å². The van der Waals surface area contributed by atoms with Crippen LogP contribution in [0.1, 0.15) is 10.7 Å². The summed E-state index contributed by atoms with van der Waals surface area (Å²) in [5, 5.41) is 4.48. The Morgan fingerprint density at radius 2 is 1.81 bits per heavy atom.